The van der Waals surface area contributed by atoms with Crippen LogP contribution in [0.25, 0.3) is 0 Å². The van der Waals surface area contributed by atoms with Crippen molar-refractivity contribution in [2.45, 2.75) is 38.8 Å². The Bertz CT molecular complexity index is 465. The predicted octanol–water partition coefficient (Wildman–Crippen LogP) is 1.72. The molecular formula is C16H24N2O3. The average molecular weight is 292 g/mol. The van der Waals surface area contributed by atoms with Crippen molar-refractivity contribution in [3.8, 4) is 11.5 Å². The molecule has 0 radical (unpaired) electrons. The van der Waals surface area contributed by atoms with Crippen LogP contribution in [-0.2, 0) is 4.79 Å². The van der Waals surface area contributed by atoms with Gasteiger partial charge in [0, 0.05) is 12.1 Å². The number of ether oxygens (including phenoxy) is 2. The summed E-state index contributed by atoms with van der Waals surface area (Å²) in [6, 6.07) is 7.87. The van der Waals surface area contributed by atoms with E-state index in [1.165, 1.54) is 0 Å². The Labute approximate surface area is 126 Å². The van der Waals surface area contributed by atoms with Crippen LogP contribution in [0.15, 0.2) is 24.3 Å². The van der Waals surface area contributed by atoms with Crippen LogP contribution in [0.1, 0.15) is 26.7 Å². The Morgan fingerprint density at radius 2 is 2.05 bits per heavy atom. The molecule has 5 heteroatoms. The van der Waals surface area contributed by atoms with Crippen molar-refractivity contribution in [3.05, 3.63) is 24.3 Å². The van der Waals surface area contributed by atoms with Crippen molar-refractivity contribution in [2.24, 2.45) is 0 Å². The van der Waals surface area contributed by atoms with Crippen molar-refractivity contribution >= 4 is 5.91 Å². The van der Waals surface area contributed by atoms with Gasteiger partial charge >= 0.3 is 0 Å². The third kappa shape index (κ3) is 4.63. The number of benzene rings is 1. The predicted molar refractivity (Wildman–Crippen MR) is 81.7 cm³/mol. The highest BCUT2D eigenvalue weighted by molar-refractivity contribution is 5.78. The van der Waals surface area contributed by atoms with Crippen LogP contribution in [0, 0.1) is 0 Å². The zero-order chi connectivity index (χ0) is 15.1. The van der Waals surface area contributed by atoms with E-state index >= 15 is 0 Å². The van der Waals surface area contributed by atoms with Gasteiger partial charge < -0.3 is 20.1 Å². The first-order chi connectivity index (χ1) is 10.2. The lowest BCUT2D eigenvalue weighted by atomic mass is 10.00. The monoisotopic (exact) mass is 292 g/mol. The van der Waals surface area contributed by atoms with Crippen LogP contribution in [0.5, 0.6) is 11.5 Å². The minimum atomic E-state index is -0.0955. The molecule has 1 amide bonds. The van der Waals surface area contributed by atoms with Crippen LogP contribution >= 0.6 is 0 Å². The Balaban J connectivity index is 1.83. The lowest BCUT2D eigenvalue weighted by molar-refractivity contribution is -0.124. The number of rotatable bonds is 6. The van der Waals surface area contributed by atoms with Crippen LogP contribution in [0.4, 0.5) is 0 Å². The molecule has 0 aliphatic carbocycles. The third-order valence-corrected chi connectivity index (χ3v) is 3.62. The topological polar surface area (TPSA) is 59.6 Å². The van der Waals surface area contributed by atoms with Gasteiger partial charge in [0.1, 0.15) is 0 Å². The van der Waals surface area contributed by atoms with Gasteiger partial charge in [0.05, 0.1) is 6.61 Å². The van der Waals surface area contributed by atoms with Crippen LogP contribution in [0.3, 0.4) is 0 Å². The Morgan fingerprint density at radius 1 is 1.33 bits per heavy atom. The molecule has 116 valence electrons. The summed E-state index contributed by atoms with van der Waals surface area (Å²) >= 11 is 0. The fourth-order valence-corrected chi connectivity index (χ4v) is 2.48. The average Bonchev–Trinajstić information content (AvgIpc) is 2.49. The second kappa shape index (κ2) is 7.88. The number of nitrogens with one attached hydrogen (secondary N) is 2. The van der Waals surface area contributed by atoms with E-state index in [1.54, 1.807) is 0 Å². The molecule has 1 aromatic carbocycles. The minimum Gasteiger partial charge on any atom is -0.490 e. The highest BCUT2D eigenvalue weighted by atomic mass is 16.5. The smallest absolute Gasteiger partial charge is 0.258 e. The van der Waals surface area contributed by atoms with E-state index in [1.807, 2.05) is 31.2 Å². The van der Waals surface area contributed by atoms with E-state index in [0.717, 1.165) is 19.4 Å². The van der Waals surface area contributed by atoms with Gasteiger partial charge in [-0.15, -0.1) is 0 Å². The molecule has 1 aliphatic rings. The summed E-state index contributed by atoms with van der Waals surface area (Å²) in [4.78, 5) is 12.0. The van der Waals surface area contributed by atoms with Crippen molar-refractivity contribution in [3.63, 3.8) is 0 Å². The Hall–Kier alpha value is -1.75. The first-order valence-electron chi connectivity index (χ1n) is 7.58. The molecule has 21 heavy (non-hydrogen) atoms. The summed E-state index contributed by atoms with van der Waals surface area (Å²) in [5.74, 6) is 1.17. The van der Waals surface area contributed by atoms with Gasteiger partial charge in [-0.1, -0.05) is 12.1 Å². The van der Waals surface area contributed by atoms with Gasteiger partial charge in [-0.05, 0) is 45.4 Å². The quantitative estimate of drug-likeness (QED) is 0.838. The molecule has 1 aliphatic heterocycles. The lowest BCUT2D eigenvalue weighted by Crippen LogP contribution is -2.52. The van der Waals surface area contributed by atoms with Crippen LogP contribution < -0.4 is 20.1 Å². The molecule has 5 nitrogen and oxygen atoms in total. The number of carbonyl (C=O) groups excluding carboxylic acids is 1. The van der Waals surface area contributed by atoms with E-state index in [4.69, 9.17) is 9.47 Å². The fourth-order valence-electron chi connectivity index (χ4n) is 2.48. The molecule has 1 saturated heterocycles. The number of para-hydroxylation sites is 2. The van der Waals surface area contributed by atoms with Gasteiger partial charge in [0.25, 0.3) is 5.91 Å². The molecule has 1 aromatic rings. The highest BCUT2D eigenvalue weighted by Crippen LogP contribution is 2.26. The number of amides is 1. The highest BCUT2D eigenvalue weighted by Gasteiger charge is 2.22. The van der Waals surface area contributed by atoms with Crippen molar-refractivity contribution in [1.29, 1.82) is 0 Å². The SMILES string of the molecule is CCOc1ccccc1OCC(=O)NC1CCCNC1C. The lowest BCUT2D eigenvalue weighted by Gasteiger charge is -2.30. The van der Waals surface area contributed by atoms with Gasteiger partial charge in [0.15, 0.2) is 18.1 Å². The summed E-state index contributed by atoms with van der Waals surface area (Å²) < 4.78 is 11.0. The number of hydrogen-bond acceptors (Lipinski definition) is 4. The van der Waals surface area contributed by atoms with Crippen molar-refractivity contribution in [1.82, 2.24) is 10.6 Å². The van der Waals surface area contributed by atoms with Crippen molar-refractivity contribution < 1.29 is 14.3 Å². The third-order valence-electron chi connectivity index (χ3n) is 3.62. The van der Waals surface area contributed by atoms with E-state index in [2.05, 4.69) is 17.6 Å². The maximum absolute atomic E-state index is 12.0. The Kier molecular flexibility index (Phi) is 5.87. The van der Waals surface area contributed by atoms with Gasteiger partial charge in [-0.25, -0.2) is 0 Å². The van der Waals surface area contributed by atoms with E-state index in [-0.39, 0.29) is 18.6 Å². The molecule has 0 saturated carbocycles. The fraction of sp³-hybridized carbons (Fsp3) is 0.562. The molecule has 0 spiro atoms. The normalized spacial score (nSPS) is 21.6. The second-order valence-electron chi connectivity index (χ2n) is 5.23. The summed E-state index contributed by atoms with van der Waals surface area (Å²) in [6.07, 6.45) is 2.10. The van der Waals surface area contributed by atoms with Gasteiger partial charge in [0.2, 0.25) is 0 Å². The number of carbonyl (C=O) groups is 1. The molecule has 0 aromatic heterocycles. The van der Waals surface area contributed by atoms with Crippen molar-refractivity contribution in [2.75, 3.05) is 19.8 Å². The zero-order valence-corrected chi connectivity index (χ0v) is 12.7. The first kappa shape index (κ1) is 15.6. The van der Waals surface area contributed by atoms with E-state index in [9.17, 15) is 4.79 Å². The molecular weight excluding hydrogens is 268 g/mol. The minimum absolute atomic E-state index is 0.00725. The Morgan fingerprint density at radius 3 is 2.71 bits per heavy atom. The summed E-state index contributed by atoms with van der Waals surface area (Å²) in [5.41, 5.74) is 0. The second-order valence-corrected chi connectivity index (χ2v) is 5.23. The zero-order valence-electron chi connectivity index (χ0n) is 12.7. The van der Waals surface area contributed by atoms with E-state index in [0.29, 0.717) is 24.1 Å². The standard InChI is InChI=1S/C16H24N2O3/c1-3-20-14-8-4-5-9-15(14)21-11-16(19)18-13-7-6-10-17-12(13)2/h4-5,8-9,12-13,17H,3,6-7,10-11H2,1-2H3,(H,18,19). The molecule has 2 rings (SSSR count). The maximum Gasteiger partial charge on any atom is 0.258 e. The molecule has 2 unspecified atom stereocenters. The van der Waals surface area contributed by atoms with E-state index < -0.39 is 0 Å². The summed E-state index contributed by atoms with van der Waals surface area (Å²) in [5, 5.41) is 6.38. The van der Waals surface area contributed by atoms with Crippen LogP contribution in [0.2, 0.25) is 0 Å². The molecule has 2 atom stereocenters. The molecule has 2 N–H and O–H groups in total. The molecule has 1 fully saturated rings. The molecule has 1 heterocycles. The summed E-state index contributed by atoms with van der Waals surface area (Å²) in [7, 11) is 0. The largest absolute Gasteiger partial charge is 0.490 e. The maximum atomic E-state index is 12.0. The van der Waals surface area contributed by atoms with Gasteiger partial charge in [-0.3, -0.25) is 4.79 Å². The number of hydrogen-bond donors (Lipinski definition) is 2. The van der Waals surface area contributed by atoms with Gasteiger partial charge in [-0.2, -0.15) is 0 Å². The first-order valence-corrected chi connectivity index (χ1v) is 7.58. The summed E-state index contributed by atoms with van der Waals surface area (Å²) in [6.45, 7) is 5.60. The number of piperidine rings is 1. The molecule has 0 bridgehead atoms. The van der Waals surface area contributed by atoms with Crippen LogP contribution in [-0.4, -0.2) is 37.7 Å².